The fraction of sp³-hybridized carbons (Fsp3) is 0.438. The van der Waals surface area contributed by atoms with Crippen LogP contribution in [0.3, 0.4) is 0 Å². The number of nitrogens with one attached hydrogen (secondary N) is 1. The number of hydrogen-bond donors (Lipinski definition) is 3. The summed E-state index contributed by atoms with van der Waals surface area (Å²) in [5.41, 5.74) is 17.3. The number of carbonyl (C=O) groups excluding carboxylic acids is 1. The minimum Gasteiger partial charge on any atom is -0.465 e. The predicted molar refractivity (Wildman–Crippen MR) is 85.4 cm³/mol. The lowest BCUT2D eigenvalue weighted by Crippen LogP contribution is -2.39. The van der Waals surface area contributed by atoms with E-state index < -0.39 is 12.0 Å². The van der Waals surface area contributed by atoms with E-state index in [4.69, 9.17) is 16.2 Å². The summed E-state index contributed by atoms with van der Waals surface area (Å²) in [6, 6.07) is 3.17. The van der Waals surface area contributed by atoms with Gasteiger partial charge in [0.25, 0.3) is 0 Å². The SMILES string of the molecule is CCOC(=O)[C@@H](N)/C(N)=C(\NC)c1c(C)cc(C)cc1C. The second kappa shape index (κ2) is 7.13. The van der Waals surface area contributed by atoms with Gasteiger partial charge in [0.2, 0.25) is 0 Å². The van der Waals surface area contributed by atoms with Crippen LogP contribution in [-0.2, 0) is 9.53 Å². The molecule has 1 rings (SSSR count). The van der Waals surface area contributed by atoms with Crippen molar-refractivity contribution < 1.29 is 9.53 Å². The molecular formula is C16H25N3O2. The maximum Gasteiger partial charge on any atom is 0.329 e. The van der Waals surface area contributed by atoms with Crippen LogP contribution in [0, 0.1) is 20.8 Å². The average molecular weight is 291 g/mol. The Morgan fingerprint density at radius 1 is 1.29 bits per heavy atom. The Labute approximate surface area is 126 Å². The molecule has 0 saturated heterocycles. The molecule has 0 fully saturated rings. The fourth-order valence-corrected chi connectivity index (χ4v) is 2.50. The second-order valence-corrected chi connectivity index (χ2v) is 5.08. The summed E-state index contributed by atoms with van der Waals surface area (Å²) in [5.74, 6) is -0.523. The normalized spacial score (nSPS) is 13.4. The molecule has 0 aliphatic rings. The monoisotopic (exact) mass is 291 g/mol. The first kappa shape index (κ1) is 17.0. The Kier molecular flexibility index (Phi) is 5.79. The largest absolute Gasteiger partial charge is 0.465 e. The Balaban J connectivity index is 3.35. The minimum atomic E-state index is -0.979. The molecule has 0 saturated carbocycles. The van der Waals surface area contributed by atoms with Crippen molar-refractivity contribution in [3.8, 4) is 0 Å². The lowest BCUT2D eigenvalue weighted by atomic mass is 9.95. The van der Waals surface area contributed by atoms with Crippen LogP contribution in [0.25, 0.3) is 5.70 Å². The van der Waals surface area contributed by atoms with E-state index in [2.05, 4.69) is 17.4 Å². The van der Waals surface area contributed by atoms with Gasteiger partial charge in [0.15, 0.2) is 0 Å². The Morgan fingerprint density at radius 2 is 1.81 bits per heavy atom. The summed E-state index contributed by atoms with van der Waals surface area (Å²) in [4.78, 5) is 11.8. The van der Waals surface area contributed by atoms with E-state index in [0.29, 0.717) is 5.70 Å². The molecule has 0 amide bonds. The van der Waals surface area contributed by atoms with Crippen LogP contribution < -0.4 is 16.8 Å². The standard InChI is InChI=1S/C16H25N3O2/c1-6-21-16(20)14(18)13(17)15(19-5)12-10(3)7-9(2)8-11(12)4/h7-8,14,19H,6,17-18H2,1-5H3/b15-13+/t14-/m0/s1. The van der Waals surface area contributed by atoms with Gasteiger partial charge in [-0.25, -0.2) is 4.79 Å². The van der Waals surface area contributed by atoms with Crippen LogP contribution in [0.1, 0.15) is 29.2 Å². The third-order valence-electron chi connectivity index (χ3n) is 3.34. The topological polar surface area (TPSA) is 90.4 Å². The van der Waals surface area contributed by atoms with Gasteiger partial charge in [-0.15, -0.1) is 0 Å². The first-order valence-electron chi connectivity index (χ1n) is 7.01. The van der Waals surface area contributed by atoms with E-state index in [1.807, 2.05) is 20.8 Å². The van der Waals surface area contributed by atoms with E-state index in [1.165, 1.54) is 5.56 Å². The average Bonchev–Trinajstić information content (AvgIpc) is 2.41. The van der Waals surface area contributed by atoms with Gasteiger partial charge in [0.05, 0.1) is 18.0 Å². The highest BCUT2D eigenvalue weighted by Gasteiger charge is 2.22. The molecule has 116 valence electrons. The summed E-state index contributed by atoms with van der Waals surface area (Å²) in [6.07, 6.45) is 0. The van der Waals surface area contributed by atoms with Gasteiger partial charge in [-0.2, -0.15) is 0 Å². The molecule has 0 spiro atoms. The van der Waals surface area contributed by atoms with E-state index in [-0.39, 0.29) is 12.3 Å². The van der Waals surface area contributed by atoms with Crippen LogP contribution >= 0.6 is 0 Å². The zero-order valence-corrected chi connectivity index (χ0v) is 13.4. The van der Waals surface area contributed by atoms with Gasteiger partial charge < -0.3 is 21.5 Å². The summed E-state index contributed by atoms with van der Waals surface area (Å²) >= 11 is 0. The highest BCUT2D eigenvalue weighted by molar-refractivity contribution is 5.84. The van der Waals surface area contributed by atoms with Crippen LogP contribution in [-0.4, -0.2) is 25.7 Å². The number of hydrogen-bond acceptors (Lipinski definition) is 5. The molecule has 0 aromatic heterocycles. The van der Waals surface area contributed by atoms with Crippen LogP contribution in [0.2, 0.25) is 0 Å². The molecular weight excluding hydrogens is 266 g/mol. The van der Waals surface area contributed by atoms with Gasteiger partial charge in [0.1, 0.15) is 6.04 Å². The van der Waals surface area contributed by atoms with Crippen molar-refractivity contribution in [2.24, 2.45) is 11.5 Å². The van der Waals surface area contributed by atoms with Crippen molar-refractivity contribution in [1.82, 2.24) is 5.32 Å². The fourth-order valence-electron chi connectivity index (χ4n) is 2.50. The summed E-state index contributed by atoms with van der Waals surface area (Å²) in [7, 11) is 1.76. The van der Waals surface area contributed by atoms with E-state index in [1.54, 1.807) is 14.0 Å². The molecule has 1 aromatic rings. The zero-order chi connectivity index (χ0) is 16.2. The highest BCUT2D eigenvalue weighted by atomic mass is 16.5. The van der Waals surface area contributed by atoms with Crippen LogP contribution in [0.5, 0.6) is 0 Å². The summed E-state index contributed by atoms with van der Waals surface area (Å²) in [5, 5.41) is 3.06. The van der Waals surface area contributed by atoms with Gasteiger partial charge in [0, 0.05) is 12.6 Å². The Morgan fingerprint density at radius 3 is 2.24 bits per heavy atom. The number of nitrogens with two attached hydrogens (primary N) is 2. The molecule has 1 atom stereocenters. The molecule has 0 heterocycles. The lowest BCUT2D eigenvalue weighted by molar-refractivity contribution is -0.143. The molecule has 0 radical (unpaired) electrons. The van der Waals surface area contributed by atoms with Crippen molar-refractivity contribution in [1.29, 1.82) is 0 Å². The van der Waals surface area contributed by atoms with Crippen molar-refractivity contribution in [2.45, 2.75) is 33.7 Å². The third kappa shape index (κ3) is 3.76. The van der Waals surface area contributed by atoms with Crippen LogP contribution in [0.4, 0.5) is 0 Å². The molecule has 21 heavy (non-hydrogen) atoms. The number of ether oxygens (including phenoxy) is 1. The smallest absolute Gasteiger partial charge is 0.329 e. The molecule has 1 aromatic carbocycles. The van der Waals surface area contributed by atoms with E-state index in [9.17, 15) is 4.79 Å². The first-order chi connectivity index (χ1) is 9.83. The number of benzene rings is 1. The second-order valence-electron chi connectivity index (χ2n) is 5.08. The Bertz CT molecular complexity index is 542. The van der Waals surface area contributed by atoms with E-state index >= 15 is 0 Å². The summed E-state index contributed by atoms with van der Waals surface area (Å²) < 4.78 is 4.93. The molecule has 0 unspecified atom stereocenters. The molecule has 0 aliphatic carbocycles. The maximum absolute atomic E-state index is 11.8. The third-order valence-corrected chi connectivity index (χ3v) is 3.34. The summed E-state index contributed by atoms with van der Waals surface area (Å²) in [6.45, 7) is 8.07. The predicted octanol–water partition coefficient (Wildman–Crippen LogP) is 1.35. The van der Waals surface area contributed by atoms with Gasteiger partial charge >= 0.3 is 5.97 Å². The number of carbonyl (C=O) groups is 1. The number of rotatable bonds is 5. The van der Waals surface area contributed by atoms with Gasteiger partial charge in [-0.05, 0) is 38.8 Å². The van der Waals surface area contributed by atoms with Crippen LogP contribution in [0.15, 0.2) is 17.8 Å². The van der Waals surface area contributed by atoms with Gasteiger partial charge in [-0.1, -0.05) is 17.7 Å². The Hall–Kier alpha value is -2.01. The highest BCUT2D eigenvalue weighted by Crippen LogP contribution is 2.24. The zero-order valence-electron chi connectivity index (χ0n) is 13.4. The van der Waals surface area contributed by atoms with Crippen molar-refractivity contribution in [2.75, 3.05) is 13.7 Å². The quantitative estimate of drug-likeness (QED) is 0.712. The lowest BCUT2D eigenvalue weighted by Gasteiger charge is -2.20. The van der Waals surface area contributed by atoms with E-state index in [0.717, 1.165) is 16.7 Å². The number of esters is 1. The van der Waals surface area contributed by atoms with Crippen molar-refractivity contribution in [3.63, 3.8) is 0 Å². The minimum absolute atomic E-state index is 0.275. The van der Waals surface area contributed by atoms with Gasteiger partial charge in [-0.3, -0.25) is 0 Å². The van der Waals surface area contributed by atoms with Crippen molar-refractivity contribution in [3.05, 3.63) is 40.1 Å². The molecule has 0 bridgehead atoms. The first-order valence-corrected chi connectivity index (χ1v) is 7.01. The molecule has 5 N–H and O–H groups in total. The molecule has 5 nitrogen and oxygen atoms in total. The van der Waals surface area contributed by atoms with Crippen molar-refractivity contribution >= 4 is 11.7 Å². The molecule has 5 heteroatoms. The molecule has 0 aliphatic heterocycles. The maximum atomic E-state index is 11.8. The number of aryl methyl sites for hydroxylation is 3.